The molecule has 1 fully saturated rings. The second kappa shape index (κ2) is 8.78. The number of likely N-dealkylation sites (tertiary alicyclic amines) is 1. The number of thioether (sulfide) groups is 1. The van der Waals surface area contributed by atoms with E-state index in [2.05, 4.69) is 70.4 Å². The van der Waals surface area contributed by atoms with Gasteiger partial charge in [-0.3, -0.25) is 4.90 Å². The molecule has 1 saturated heterocycles. The van der Waals surface area contributed by atoms with Gasteiger partial charge in [-0.25, -0.2) is 4.98 Å². The largest absolute Gasteiger partial charge is 0.298 e. The zero-order valence-corrected chi connectivity index (χ0v) is 19.6. The first-order valence-electron chi connectivity index (χ1n) is 9.20. The minimum absolute atomic E-state index is 0.610. The van der Waals surface area contributed by atoms with Crippen LogP contribution in [0.3, 0.4) is 0 Å². The van der Waals surface area contributed by atoms with Crippen molar-refractivity contribution in [3.8, 4) is 11.3 Å². The molecular weight excluding hydrogens is 456 g/mol. The Morgan fingerprint density at radius 1 is 1.11 bits per heavy atom. The van der Waals surface area contributed by atoms with Crippen LogP contribution < -0.4 is 0 Å². The van der Waals surface area contributed by atoms with Gasteiger partial charge in [0.2, 0.25) is 0 Å². The highest BCUT2D eigenvalue weighted by Gasteiger charge is 2.24. The third kappa shape index (κ3) is 4.67. The Hall–Kier alpha value is -0.660. The third-order valence-electron chi connectivity index (χ3n) is 5.09. The summed E-state index contributed by atoms with van der Waals surface area (Å²) in [5.41, 5.74) is 2.38. The van der Waals surface area contributed by atoms with Crippen molar-refractivity contribution in [2.45, 2.75) is 36.4 Å². The molecule has 0 aliphatic carbocycles. The average Bonchev–Trinajstić information content (AvgIpc) is 3.29. The number of hydrogen-bond acceptors (Lipinski definition) is 5. The highest BCUT2D eigenvalue weighted by atomic mass is 79.9. The lowest BCUT2D eigenvalue weighted by Gasteiger charge is -2.30. The van der Waals surface area contributed by atoms with E-state index >= 15 is 0 Å². The minimum Gasteiger partial charge on any atom is -0.298 e. The van der Waals surface area contributed by atoms with Crippen molar-refractivity contribution in [2.24, 2.45) is 0 Å². The summed E-state index contributed by atoms with van der Waals surface area (Å²) in [6.45, 7) is 5.64. The quantitative estimate of drug-likeness (QED) is 0.365. The van der Waals surface area contributed by atoms with Gasteiger partial charge in [-0.2, -0.15) is 0 Å². The van der Waals surface area contributed by atoms with E-state index < -0.39 is 0 Å². The Labute approximate surface area is 182 Å². The van der Waals surface area contributed by atoms with E-state index in [1.54, 1.807) is 0 Å². The van der Waals surface area contributed by atoms with Gasteiger partial charge in [0.1, 0.15) is 0 Å². The highest BCUT2D eigenvalue weighted by molar-refractivity contribution is 9.10. The van der Waals surface area contributed by atoms with Gasteiger partial charge >= 0.3 is 0 Å². The summed E-state index contributed by atoms with van der Waals surface area (Å²) < 4.78 is 2.53. The zero-order chi connectivity index (χ0) is 18.8. The van der Waals surface area contributed by atoms with Crippen LogP contribution >= 0.6 is 50.4 Å². The van der Waals surface area contributed by atoms with Crippen LogP contribution in [0, 0.1) is 6.92 Å². The van der Waals surface area contributed by atoms with E-state index in [1.807, 2.05) is 34.4 Å². The minimum atomic E-state index is 0.610. The average molecular weight is 480 g/mol. The van der Waals surface area contributed by atoms with Crippen LogP contribution in [0.25, 0.3) is 11.3 Å². The van der Waals surface area contributed by atoms with Gasteiger partial charge in [0.25, 0.3) is 0 Å². The summed E-state index contributed by atoms with van der Waals surface area (Å²) in [4.78, 5) is 10.5. The lowest BCUT2D eigenvalue weighted by atomic mass is 9.97. The van der Waals surface area contributed by atoms with Crippen LogP contribution in [-0.2, 0) is 6.54 Å². The summed E-state index contributed by atoms with van der Waals surface area (Å²) in [6.07, 6.45) is 4.58. The van der Waals surface area contributed by atoms with Crippen LogP contribution in [0.5, 0.6) is 0 Å². The monoisotopic (exact) mass is 478 g/mol. The molecule has 2 nitrogen and oxygen atoms in total. The van der Waals surface area contributed by atoms with Crippen LogP contribution in [0.2, 0.25) is 0 Å². The lowest BCUT2D eigenvalue weighted by Crippen LogP contribution is -2.32. The Bertz CT molecular complexity index is 893. The van der Waals surface area contributed by atoms with Crippen LogP contribution in [0.4, 0.5) is 0 Å². The Balaban J connectivity index is 1.39. The molecule has 1 aromatic carbocycles. The molecule has 3 heterocycles. The predicted octanol–water partition coefficient (Wildman–Crippen LogP) is 7.04. The molecule has 4 rings (SSSR count). The fourth-order valence-electron chi connectivity index (χ4n) is 3.58. The van der Waals surface area contributed by atoms with Crippen molar-refractivity contribution >= 4 is 50.4 Å². The first kappa shape index (κ1) is 19.6. The summed E-state index contributed by atoms with van der Waals surface area (Å²) in [5.74, 6) is 0.610. The first-order chi connectivity index (χ1) is 13.1. The Morgan fingerprint density at radius 2 is 1.85 bits per heavy atom. The molecule has 0 N–H and O–H groups in total. The maximum absolute atomic E-state index is 5.04. The number of nitrogens with zero attached hydrogens (tertiary/aromatic N) is 2. The molecule has 0 unspecified atom stereocenters. The van der Waals surface area contributed by atoms with E-state index in [1.165, 1.54) is 50.5 Å². The van der Waals surface area contributed by atoms with Gasteiger partial charge < -0.3 is 0 Å². The summed E-state index contributed by atoms with van der Waals surface area (Å²) in [5, 5.41) is 1.32. The van der Waals surface area contributed by atoms with E-state index in [4.69, 9.17) is 4.98 Å². The topological polar surface area (TPSA) is 16.1 Å². The van der Waals surface area contributed by atoms with Crippen molar-refractivity contribution in [1.29, 1.82) is 0 Å². The molecule has 27 heavy (non-hydrogen) atoms. The summed E-state index contributed by atoms with van der Waals surface area (Å²) >= 11 is 9.18. The SMILES string of the molecule is CSc1ccc(CN2CCC(c3nc(-c4ccc(Br)cc4)c(C)s3)CC2)s1. The van der Waals surface area contributed by atoms with E-state index in [-0.39, 0.29) is 0 Å². The van der Waals surface area contributed by atoms with E-state index in [0.717, 1.165) is 16.7 Å². The second-order valence-electron chi connectivity index (χ2n) is 6.94. The zero-order valence-electron chi connectivity index (χ0n) is 15.6. The molecule has 0 atom stereocenters. The van der Waals surface area contributed by atoms with Gasteiger partial charge in [-0.1, -0.05) is 28.1 Å². The molecule has 1 aliphatic heterocycles. The highest BCUT2D eigenvalue weighted by Crippen LogP contribution is 2.36. The molecule has 6 heteroatoms. The normalized spacial score (nSPS) is 16.1. The first-order valence-corrected chi connectivity index (χ1v) is 12.9. The molecule has 0 bridgehead atoms. The van der Waals surface area contributed by atoms with Crippen LogP contribution in [0.1, 0.15) is 33.5 Å². The summed E-state index contributed by atoms with van der Waals surface area (Å²) in [7, 11) is 0. The number of hydrogen-bond donors (Lipinski definition) is 0. The third-order valence-corrected chi connectivity index (χ3v) is 8.90. The molecule has 142 valence electrons. The van der Waals surface area contributed by atoms with E-state index in [0.29, 0.717) is 5.92 Å². The van der Waals surface area contributed by atoms with E-state index in [9.17, 15) is 0 Å². The number of halogens is 1. The molecular formula is C21H23BrN2S3. The van der Waals surface area contributed by atoms with Crippen molar-refractivity contribution in [3.05, 3.63) is 55.6 Å². The number of rotatable bonds is 5. The molecule has 3 aromatic rings. The van der Waals surface area contributed by atoms with Gasteiger partial charge in [0.15, 0.2) is 0 Å². The second-order valence-corrected chi connectivity index (χ2v) is 11.4. The van der Waals surface area contributed by atoms with Gasteiger partial charge in [-0.15, -0.1) is 34.4 Å². The van der Waals surface area contributed by atoms with Crippen molar-refractivity contribution < 1.29 is 0 Å². The lowest BCUT2D eigenvalue weighted by molar-refractivity contribution is 0.206. The van der Waals surface area contributed by atoms with Gasteiger partial charge in [0, 0.05) is 32.3 Å². The number of aromatic nitrogens is 1. The van der Waals surface area contributed by atoms with Crippen molar-refractivity contribution in [3.63, 3.8) is 0 Å². The molecule has 0 radical (unpaired) electrons. The van der Waals surface area contributed by atoms with Crippen LogP contribution in [0.15, 0.2) is 45.1 Å². The molecule has 1 aliphatic rings. The van der Waals surface area contributed by atoms with Crippen molar-refractivity contribution in [2.75, 3.05) is 19.3 Å². The Kier molecular flexibility index (Phi) is 6.39. The maximum atomic E-state index is 5.04. The molecule has 2 aromatic heterocycles. The molecule has 0 spiro atoms. The smallest absolute Gasteiger partial charge is 0.0967 e. The molecule has 0 amide bonds. The fourth-order valence-corrected chi connectivity index (χ4v) is 6.59. The van der Waals surface area contributed by atoms with Gasteiger partial charge in [0.05, 0.1) is 14.9 Å². The standard InChI is InChI=1S/C21H23BrN2S3/c1-14-20(15-3-5-17(22)6-4-15)23-21(26-14)16-9-11-24(12-10-16)13-18-7-8-19(25-2)27-18/h3-8,16H,9-13H2,1-2H3. The molecule has 0 saturated carbocycles. The fraction of sp³-hybridized carbons (Fsp3) is 0.381. The van der Waals surface area contributed by atoms with Crippen LogP contribution in [-0.4, -0.2) is 29.2 Å². The predicted molar refractivity (Wildman–Crippen MR) is 123 cm³/mol. The van der Waals surface area contributed by atoms with Crippen molar-refractivity contribution in [1.82, 2.24) is 9.88 Å². The summed E-state index contributed by atoms with van der Waals surface area (Å²) in [6, 6.07) is 13.0. The Morgan fingerprint density at radius 3 is 2.52 bits per heavy atom. The number of benzene rings is 1. The maximum Gasteiger partial charge on any atom is 0.0967 e. The number of aryl methyl sites for hydroxylation is 1. The number of piperidine rings is 1. The number of thiophene rings is 1. The number of thiazole rings is 1. The van der Waals surface area contributed by atoms with Gasteiger partial charge in [-0.05, 0) is 63.4 Å².